The van der Waals surface area contributed by atoms with Gasteiger partial charge in [0.1, 0.15) is 11.5 Å². The summed E-state index contributed by atoms with van der Waals surface area (Å²) in [5.74, 6) is 1.41. The van der Waals surface area contributed by atoms with Crippen molar-refractivity contribution in [3.63, 3.8) is 0 Å². The zero-order valence-corrected chi connectivity index (χ0v) is 11.0. The number of hydrogen-bond acceptors (Lipinski definition) is 2. The molecule has 2 aromatic rings. The smallest absolute Gasteiger partial charge is 0.141 e. The van der Waals surface area contributed by atoms with Gasteiger partial charge in [-0.2, -0.15) is 0 Å². The molecule has 0 radical (unpaired) electrons. The van der Waals surface area contributed by atoms with Gasteiger partial charge in [0.05, 0.1) is 10.6 Å². The Hall–Kier alpha value is -1.32. The molecule has 2 nitrogen and oxygen atoms in total. The predicted octanol–water partition coefficient (Wildman–Crippen LogP) is 4.29. The first kappa shape index (κ1) is 12.1. The quantitative estimate of drug-likeness (QED) is 0.914. The molecular formula is C14H13BrO2. The fraction of sp³-hybridized carbons (Fsp3) is 0.143. The van der Waals surface area contributed by atoms with Gasteiger partial charge < -0.3 is 9.84 Å². The fourth-order valence-corrected chi connectivity index (χ4v) is 1.93. The average molecular weight is 293 g/mol. The lowest BCUT2D eigenvalue weighted by Crippen LogP contribution is -1.95. The first-order chi connectivity index (χ1) is 8.18. The molecule has 0 saturated heterocycles. The molecule has 3 heteroatoms. The average Bonchev–Trinajstić information content (AvgIpc) is 2.32. The highest BCUT2D eigenvalue weighted by atomic mass is 79.9. The van der Waals surface area contributed by atoms with E-state index in [0.29, 0.717) is 5.75 Å². The molecule has 0 heterocycles. The van der Waals surface area contributed by atoms with Gasteiger partial charge in [0.15, 0.2) is 0 Å². The molecule has 0 bridgehead atoms. The van der Waals surface area contributed by atoms with E-state index < -0.39 is 6.10 Å². The van der Waals surface area contributed by atoms with E-state index in [1.807, 2.05) is 48.5 Å². The van der Waals surface area contributed by atoms with E-state index in [9.17, 15) is 5.11 Å². The van der Waals surface area contributed by atoms with Crippen LogP contribution in [0.1, 0.15) is 18.6 Å². The maximum absolute atomic E-state index is 9.66. The van der Waals surface area contributed by atoms with Crippen molar-refractivity contribution in [3.05, 3.63) is 58.6 Å². The third-order valence-corrected chi connectivity index (χ3v) is 3.08. The molecule has 0 fully saturated rings. The second-order valence-electron chi connectivity index (χ2n) is 3.75. The summed E-state index contributed by atoms with van der Waals surface area (Å²) in [4.78, 5) is 0. The predicted molar refractivity (Wildman–Crippen MR) is 71.3 cm³/mol. The number of aliphatic hydroxyl groups excluding tert-OH is 1. The number of hydrogen-bond donors (Lipinski definition) is 1. The fourth-order valence-electron chi connectivity index (χ4n) is 1.56. The van der Waals surface area contributed by atoms with Crippen LogP contribution >= 0.6 is 15.9 Å². The maximum atomic E-state index is 9.66. The summed E-state index contributed by atoms with van der Waals surface area (Å²) in [7, 11) is 0. The number of halogens is 1. The van der Waals surface area contributed by atoms with Crippen molar-refractivity contribution in [3.8, 4) is 11.5 Å². The van der Waals surface area contributed by atoms with E-state index >= 15 is 0 Å². The van der Waals surface area contributed by atoms with Gasteiger partial charge in [0.25, 0.3) is 0 Å². The molecule has 0 aliphatic heterocycles. The molecular weight excluding hydrogens is 280 g/mol. The van der Waals surface area contributed by atoms with Crippen LogP contribution in [0.2, 0.25) is 0 Å². The third kappa shape index (κ3) is 2.87. The summed E-state index contributed by atoms with van der Waals surface area (Å²) in [5, 5.41) is 9.66. The van der Waals surface area contributed by atoms with Crippen LogP contribution in [0.25, 0.3) is 0 Å². The lowest BCUT2D eigenvalue weighted by Gasteiger charge is -2.13. The number of benzene rings is 2. The van der Waals surface area contributed by atoms with E-state index in [2.05, 4.69) is 15.9 Å². The summed E-state index contributed by atoms with van der Waals surface area (Å²) in [6, 6.07) is 15.1. The minimum atomic E-state index is -0.548. The summed E-state index contributed by atoms with van der Waals surface area (Å²) >= 11 is 3.43. The monoisotopic (exact) mass is 292 g/mol. The largest absolute Gasteiger partial charge is 0.456 e. The van der Waals surface area contributed by atoms with Crippen LogP contribution in [-0.2, 0) is 0 Å². The molecule has 17 heavy (non-hydrogen) atoms. The Labute approximate surface area is 109 Å². The number of rotatable bonds is 3. The second kappa shape index (κ2) is 5.34. The summed E-state index contributed by atoms with van der Waals surface area (Å²) in [5.41, 5.74) is 0.781. The molecule has 88 valence electrons. The van der Waals surface area contributed by atoms with Crippen molar-refractivity contribution in [2.75, 3.05) is 0 Å². The molecule has 0 saturated carbocycles. The van der Waals surface area contributed by atoms with Crippen LogP contribution < -0.4 is 4.74 Å². The van der Waals surface area contributed by atoms with Crippen LogP contribution in [0.15, 0.2) is 53.0 Å². The first-order valence-corrected chi connectivity index (χ1v) is 6.17. The lowest BCUT2D eigenvalue weighted by atomic mass is 10.1. The Kier molecular flexibility index (Phi) is 3.82. The van der Waals surface area contributed by atoms with Crippen molar-refractivity contribution in [1.29, 1.82) is 0 Å². The normalized spacial score (nSPS) is 12.2. The van der Waals surface area contributed by atoms with Crippen molar-refractivity contribution >= 4 is 15.9 Å². The Bertz CT molecular complexity index is 509. The highest BCUT2D eigenvalue weighted by Crippen LogP contribution is 2.33. The molecule has 0 amide bonds. The number of para-hydroxylation sites is 2. The maximum Gasteiger partial charge on any atom is 0.141 e. The van der Waals surface area contributed by atoms with Gasteiger partial charge in [-0.25, -0.2) is 0 Å². The van der Waals surface area contributed by atoms with E-state index in [1.165, 1.54) is 0 Å². The van der Waals surface area contributed by atoms with Crippen LogP contribution in [0.3, 0.4) is 0 Å². The van der Waals surface area contributed by atoms with Gasteiger partial charge in [-0.15, -0.1) is 0 Å². The van der Waals surface area contributed by atoms with E-state index in [-0.39, 0.29) is 0 Å². The SMILES string of the molecule is C[C@H](O)c1ccccc1Oc1ccccc1Br. The molecule has 0 aliphatic carbocycles. The Balaban J connectivity index is 2.34. The topological polar surface area (TPSA) is 29.5 Å². The van der Waals surface area contributed by atoms with E-state index in [0.717, 1.165) is 15.8 Å². The highest BCUT2D eigenvalue weighted by molar-refractivity contribution is 9.10. The van der Waals surface area contributed by atoms with Crippen molar-refractivity contribution in [1.82, 2.24) is 0 Å². The highest BCUT2D eigenvalue weighted by Gasteiger charge is 2.10. The molecule has 0 unspecified atom stereocenters. The van der Waals surface area contributed by atoms with Gasteiger partial charge in [-0.1, -0.05) is 30.3 Å². The summed E-state index contributed by atoms with van der Waals surface area (Å²) in [6.45, 7) is 1.72. The summed E-state index contributed by atoms with van der Waals surface area (Å²) in [6.07, 6.45) is -0.548. The first-order valence-electron chi connectivity index (χ1n) is 5.38. The molecule has 1 N–H and O–H groups in total. The van der Waals surface area contributed by atoms with Crippen molar-refractivity contribution in [2.24, 2.45) is 0 Å². The molecule has 1 atom stereocenters. The van der Waals surface area contributed by atoms with Crippen molar-refractivity contribution < 1.29 is 9.84 Å². The van der Waals surface area contributed by atoms with Gasteiger partial charge in [-0.3, -0.25) is 0 Å². The standard InChI is InChI=1S/C14H13BrO2/c1-10(16)11-6-2-4-8-13(11)17-14-9-5-3-7-12(14)15/h2-10,16H,1H3/t10-/m0/s1. The Morgan fingerprint density at radius 3 is 2.24 bits per heavy atom. The Morgan fingerprint density at radius 1 is 1.00 bits per heavy atom. The third-order valence-electron chi connectivity index (χ3n) is 2.43. The zero-order valence-electron chi connectivity index (χ0n) is 9.43. The van der Waals surface area contributed by atoms with E-state index in [4.69, 9.17) is 4.74 Å². The molecule has 0 aliphatic rings. The lowest BCUT2D eigenvalue weighted by molar-refractivity contribution is 0.195. The van der Waals surface area contributed by atoms with Gasteiger partial charge in [0, 0.05) is 5.56 Å². The molecule has 0 aromatic heterocycles. The van der Waals surface area contributed by atoms with Crippen LogP contribution in [0.4, 0.5) is 0 Å². The van der Waals surface area contributed by atoms with Crippen LogP contribution in [0.5, 0.6) is 11.5 Å². The van der Waals surface area contributed by atoms with Gasteiger partial charge >= 0.3 is 0 Å². The minimum absolute atomic E-state index is 0.548. The minimum Gasteiger partial charge on any atom is -0.456 e. The second-order valence-corrected chi connectivity index (χ2v) is 4.60. The number of ether oxygens (including phenoxy) is 1. The number of aliphatic hydroxyl groups is 1. The van der Waals surface area contributed by atoms with Gasteiger partial charge in [0.2, 0.25) is 0 Å². The van der Waals surface area contributed by atoms with Crippen LogP contribution in [0, 0.1) is 0 Å². The molecule has 2 rings (SSSR count). The summed E-state index contributed by atoms with van der Waals surface area (Å²) < 4.78 is 6.68. The van der Waals surface area contributed by atoms with Gasteiger partial charge in [-0.05, 0) is 41.1 Å². The molecule has 0 spiro atoms. The molecule has 2 aromatic carbocycles. The zero-order chi connectivity index (χ0) is 12.3. The Morgan fingerprint density at radius 2 is 1.59 bits per heavy atom. The van der Waals surface area contributed by atoms with Crippen molar-refractivity contribution in [2.45, 2.75) is 13.0 Å². The van der Waals surface area contributed by atoms with Crippen LogP contribution in [-0.4, -0.2) is 5.11 Å². The van der Waals surface area contributed by atoms with E-state index in [1.54, 1.807) is 6.92 Å².